The summed E-state index contributed by atoms with van der Waals surface area (Å²) in [6.07, 6.45) is -0.259. The maximum atomic E-state index is 13.4. The first-order valence-electron chi connectivity index (χ1n) is 8.96. The van der Waals surface area contributed by atoms with Gasteiger partial charge in [0.05, 0.1) is 0 Å². The van der Waals surface area contributed by atoms with Crippen molar-refractivity contribution in [2.45, 2.75) is 38.8 Å². The predicted molar refractivity (Wildman–Crippen MR) is 106 cm³/mol. The second-order valence-corrected chi connectivity index (χ2v) is 8.27. The molecule has 1 amide bonds. The van der Waals surface area contributed by atoms with E-state index in [9.17, 15) is 9.18 Å². The minimum absolute atomic E-state index is 0.259. The summed E-state index contributed by atoms with van der Waals surface area (Å²) < 4.78 is 18.7. The first-order valence-corrected chi connectivity index (χ1v) is 9.34. The number of nitrogens with one attached hydrogen (secondary N) is 1. The summed E-state index contributed by atoms with van der Waals surface area (Å²) in [5.41, 5.74) is 2.45. The maximum absolute atomic E-state index is 13.4. The molecule has 1 N–H and O–H groups in total. The molecule has 0 unspecified atom stereocenters. The third kappa shape index (κ3) is 5.36. The van der Waals surface area contributed by atoms with Crippen molar-refractivity contribution in [3.63, 3.8) is 0 Å². The molecule has 0 atom stereocenters. The van der Waals surface area contributed by atoms with Crippen LogP contribution < -0.4 is 5.32 Å². The number of anilines is 1. The molecule has 27 heavy (non-hydrogen) atoms. The van der Waals surface area contributed by atoms with Crippen LogP contribution in [0.4, 0.5) is 14.9 Å². The van der Waals surface area contributed by atoms with Gasteiger partial charge in [-0.2, -0.15) is 0 Å². The largest absolute Gasteiger partial charge is 0.444 e. The fraction of sp³-hybridized carbons (Fsp3) is 0.381. The number of nitrogens with zero attached hydrogens (tertiary/aromatic N) is 1. The van der Waals surface area contributed by atoms with Crippen LogP contribution in [0, 0.1) is 5.82 Å². The molecular formula is C21H24ClFN2O2. The van der Waals surface area contributed by atoms with Gasteiger partial charge in [0.2, 0.25) is 0 Å². The molecule has 1 aliphatic heterocycles. The summed E-state index contributed by atoms with van der Waals surface area (Å²) in [5, 5.41) is 3.65. The molecule has 1 fully saturated rings. The Kier molecular flexibility index (Phi) is 5.61. The number of hydrogen-bond donors (Lipinski definition) is 1. The average Bonchev–Trinajstić information content (AvgIpc) is 2.50. The van der Waals surface area contributed by atoms with E-state index < -0.39 is 5.60 Å². The summed E-state index contributed by atoms with van der Waals surface area (Å²) in [7, 11) is 0. The number of likely N-dealkylation sites (tertiary alicyclic amines) is 1. The smallest absolute Gasteiger partial charge is 0.410 e. The molecule has 0 aliphatic carbocycles. The summed E-state index contributed by atoms with van der Waals surface area (Å²) in [5.74, 6) is -0.0113. The SMILES string of the molecule is CC(C)(C)OC(=O)N1CC(c2ccc(NCc3cc(F)cc(Cl)c3)cc2)C1. The maximum Gasteiger partial charge on any atom is 0.410 e. The van der Waals surface area contributed by atoms with Crippen molar-refractivity contribution in [2.75, 3.05) is 18.4 Å². The number of benzene rings is 2. The monoisotopic (exact) mass is 390 g/mol. The molecule has 6 heteroatoms. The predicted octanol–water partition coefficient (Wildman–Crippen LogP) is 5.43. The Balaban J connectivity index is 1.50. The molecule has 1 aliphatic rings. The van der Waals surface area contributed by atoms with Gasteiger partial charge in [-0.25, -0.2) is 9.18 Å². The Morgan fingerprint density at radius 3 is 2.48 bits per heavy atom. The lowest BCUT2D eigenvalue weighted by molar-refractivity contribution is 0.00819. The molecule has 1 heterocycles. The Labute approximate surface area is 164 Å². The quantitative estimate of drug-likeness (QED) is 0.757. The van der Waals surface area contributed by atoms with E-state index in [-0.39, 0.29) is 11.9 Å². The van der Waals surface area contributed by atoms with E-state index in [1.165, 1.54) is 17.7 Å². The van der Waals surface area contributed by atoms with Crippen LogP contribution in [0.2, 0.25) is 5.02 Å². The highest BCUT2D eigenvalue weighted by Gasteiger charge is 2.34. The van der Waals surface area contributed by atoms with Crippen molar-refractivity contribution in [1.29, 1.82) is 0 Å². The minimum Gasteiger partial charge on any atom is -0.444 e. The number of carbonyl (C=O) groups excluding carboxylic acids is 1. The van der Waals surface area contributed by atoms with E-state index in [0.717, 1.165) is 11.3 Å². The summed E-state index contributed by atoms with van der Waals surface area (Å²) in [6, 6.07) is 12.6. The Morgan fingerprint density at radius 1 is 1.22 bits per heavy atom. The molecule has 0 saturated carbocycles. The van der Waals surface area contributed by atoms with Gasteiger partial charge < -0.3 is 15.0 Å². The van der Waals surface area contributed by atoms with Gasteiger partial charge in [0.15, 0.2) is 0 Å². The molecule has 2 aromatic rings. The highest BCUT2D eigenvalue weighted by Crippen LogP contribution is 2.29. The zero-order valence-electron chi connectivity index (χ0n) is 15.8. The van der Waals surface area contributed by atoms with Crippen LogP contribution in [-0.2, 0) is 11.3 Å². The van der Waals surface area contributed by atoms with Gasteiger partial charge in [-0.1, -0.05) is 23.7 Å². The second-order valence-electron chi connectivity index (χ2n) is 7.84. The van der Waals surface area contributed by atoms with Crippen LogP contribution in [0.5, 0.6) is 0 Å². The first-order chi connectivity index (χ1) is 12.7. The van der Waals surface area contributed by atoms with E-state index in [1.54, 1.807) is 11.0 Å². The lowest BCUT2D eigenvalue weighted by Crippen LogP contribution is -2.50. The van der Waals surface area contributed by atoms with E-state index in [2.05, 4.69) is 17.4 Å². The highest BCUT2D eigenvalue weighted by molar-refractivity contribution is 6.30. The molecule has 0 spiro atoms. The van der Waals surface area contributed by atoms with Crippen LogP contribution in [0.15, 0.2) is 42.5 Å². The van der Waals surface area contributed by atoms with E-state index in [4.69, 9.17) is 16.3 Å². The van der Waals surface area contributed by atoms with Crippen molar-refractivity contribution in [2.24, 2.45) is 0 Å². The number of amides is 1. The van der Waals surface area contributed by atoms with Gasteiger partial charge >= 0.3 is 6.09 Å². The number of rotatable bonds is 4. The second kappa shape index (κ2) is 7.77. The lowest BCUT2D eigenvalue weighted by Gasteiger charge is -2.40. The molecular weight excluding hydrogens is 367 g/mol. The summed E-state index contributed by atoms with van der Waals surface area (Å²) in [6.45, 7) is 7.43. The average molecular weight is 391 g/mol. The fourth-order valence-electron chi connectivity index (χ4n) is 2.96. The van der Waals surface area contributed by atoms with Crippen LogP contribution in [0.3, 0.4) is 0 Å². The van der Waals surface area contributed by atoms with E-state index in [0.29, 0.717) is 30.6 Å². The van der Waals surface area contributed by atoms with Crippen molar-refractivity contribution < 1.29 is 13.9 Å². The number of ether oxygens (including phenoxy) is 1. The number of carbonyl (C=O) groups is 1. The molecule has 144 valence electrons. The van der Waals surface area contributed by atoms with Gasteiger partial charge in [0.25, 0.3) is 0 Å². The molecule has 0 aromatic heterocycles. The number of halogens is 2. The third-order valence-electron chi connectivity index (χ3n) is 4.33. The Morgan fingerprint density at radius 2 is 1.89 bits per heavy atom. The standard InChI is InChI=1S/C21H24ClFN2O2/c1-21(2,3)27-20(26)25-12-16(13-25)15-4-6-19(7-5-15)24-11-14-8-17(22)10-18(23)9-14/h4-10,16,24H,11-13H2,1-3H3. The Bertz CT molecular complexity index is 792. The normalized spacial score (nSPS) is 14.6. The Hall–Kier alpha value is -2.27. The third-order valence-corrected chi connectivity index (χ3v) is 4.55. The molecule has 2 aromatic carbocycles. The highest BCUT2D eigenvalue weighted by atomic mass is 35.5. The van der Waals surface area contributed by atoms with Gasteiger partial charge in [-0.05, 0) is 62.2 Å². The van der Waals surface area contributed by atoms with Gasteiger partial charge in [-0.15, -0.1) is 0 Å². The van der Waals surface area contributed by atoms with Gasteiger partial charge in [-0.3, -0.25) is 0 Å². The zero-order chi connectivity index (χ0) is 19.6. The number of hydrogen-bond acceptors (Lipinski definition) is 3. The van der Waals surface area contributed by atoms with Crippen molar-refractivity contribution in [3.05, 3.63) is 64.4 Å². The van der Waals surface area contributed by atoms with Gasteiger partial charge in [0.1, 0.15) is 11.4 Å². The topological polar surface area (TPSA) is 41.6 Å². The minimum atomic E-state index is -0.471. The zero-order valence-corrected chi connectivity index (χ0v) is 16.5. The van der Waals surface area contributed by atoms with E-state index >= 15 is 0 Å². The van der Waals surface area contributed by atoms with Crippen LogP contribution in [-0.4, -0.2) is 29.7 Å². The van der Waals surface area contributed by atoms with Crippen molar-refractivity contribution in [1.82, 2.24) is 4.90 Å². The first kappa shape index (κ1) is 19.5. The van der Waals surface area contributed by atoms with E-state index in [1.807, 2.05) is 32.9 Å². The molecule has 4 nitrogen and oxygen atoms in total. The molecule has 0 bridgehead atoms. The van der Waals surface area contributed by atoms with Crippen molar-refractivity contribution >= 4 is 23.4 Å². The summed E-state index contributed by atoms with van der Waals surface area (Å²) in [4.78, 5) is 13.7. The molecule has 3 rings (SSSR count). The fourth-order valence-corrected chi connectivity index (χ4v) is 3.20. The summed E-state index contributed by atoms with van der Waals surface area (Å²) >= 11 is 5.87. The van der Waals surface area contributed by atoms with Gasteiger partial charge in [0, 0.05) is 36.3 Å². The van der Waals surface area contributed by atoms with Crippen LogP contribution >= 0.6 is 11.6 Å². The van der Waals surface area contributed by atoms with Crippen LogP contribution in [0.1, 0.15) is 37.8 Å². The lowest BCUT2D eigenvalue weighted by atomic mass is 9.92. The molecule has 1 saturated heterocycles. The van der Waals surface area contributed by atoms with Crippen LogP contribution in [0.25, 0.3) is 0 Å². The van der Waals surface area contributed by atoms with Crippen molar-refractivity contribution in [3.8, 4) is 0 Å². The molecule has 0 radical (unpaired) electrons.